The third-order valence-corrected chi connectivity index (χ3v) is 4.20. The van der Waals surface area contributed by atoms with Crippen molar-refractivity contribution in [1.82, 2.24) is 5.32 Å². The molecule has 0 aliphatic rings. The van der Waals surface area contributed by atoms with E-state index in [1.54, 1.807) is 0 Å². The zero-order chi connectivity index (χ0) is 22.6. The highest BCUT2D eigenvalue weighted by atomic mass is 19.4. The van der Waals surface area contributed by atoms with Crippen LogP contribution in [-0.4, -0.2) is 17.8 Å². The van der Waals surface area contributed by atoms with Crippen molar-refractivity contribution < 1.29 is 35.9 Å². The van der Waals surface area contributed by atoms with Crippen molar-refractivity contribution in [2.75, 3.05) is 0 Å². The highest BCUT2D eigenvalue weighted by molar-refractivity contribution is 5.95. The number of halogens is 6. The molecule has 2 aromatic rings. The first-order chi connectivity index (χ1) is 13.8. The van der Waals surface area contributed by atoms with Gasteiger partial charge in [0, 0.05) is 5.56 Å². The van der Waals surface area contributed by atoms with Gasteiger partial charge in [0.25, 0.3) is 5.91 Å². The summed E-state index contributed by atoms with van der Waals surface area (Å²) in [7, 11) is 0. The predicted molar refractivity (Wildman–Crippen MR) is 94.4 cm³/mol. The van der Waals surface area contributed by atoms with Gasteiger partial charge in [0.15, 0.2) is 0 Å². The second-order valence-electron chi connectivity index (χ2n) is 6.63. The van der Waals surface area contributed by atoms with Gasteiger partial charge in [-0.3, -0.25) is 4.79 Å². The molecular weight excluding hydrogens is 414 g/mol. The van der Waals surface area contributed by atoms with Crippen LogP contribution in [0.25, 0.3) is 0 Å². The SMILES string of the molecule is CC(C#N)(CCc1ccccc1C(F)(F)F)NC(=O)c1ccc(OC(F)(F)F)cc1. The maximum Gasteiger partial charge on any atom is 0.573 e. The van der Waals surface area contributed by atoms with Crippen LogP contribution >= 0.6 is 0 Å². The summed E-state index contributed by atoms with van der Waals surface area (Å²) in [4.78, 5) is 12.3. The molecule has 1 amide bonds. The number of hydrogen-bond donors (Lipinski definition) is 1. The Balaban J connectivity index is 2.09. The van der Waals surface area contributed by atoms with Crippen molar-refractivity contribution in [3.05, 3.63) is 65.2 Å². The Morgan fingerprint density at radius 1 is 1.03 bits per heavy atom. The first-order valence-corrected chi connectivity index (χ1v) is 8.58. The quantitative estimate of drug-likeness (QED) is 0.637. The fourth-order valence-electron chi connectivity index (χ4n) is 2.68. The number of hydrogen-bond acceptors (Lipinski definition) is 3. The molecule has 0 bridgehead atoms. The van der Waals surface area contributed by atoms with Crippen LogP contribution in [0.5, 0.6) is 5.75 Å². The topological polar surface area (TPSA) is 62.1 Å². The normalized spacial score (nSPS) is 13.8. The van der Waals surface area contributed by atoms with Gasteiger partial charge in [-0.25, -0.2) is 0 Å². The second kappa shape index (κ2) is 8.65. The number of carbonyl (C=O) groups excluding carboxylic acids is 1. The number of rotatable bonds is 6. The van der Waals surface area contributed by atoms with Crippen molar-refractivity contribution in [1.29, 1.82) is 5.26 Å². The van der Waals surface area contributed by atoms with Gasteiger partial charge in [-0.1, -0.05) is 18.2 Å². The van der Waals surface area contributed by atoms with Gasteiger partial charge >= 0.3 is 12.5 Å². The third-order valence-electron chi connectivity index (χ3n) is 4.20. The van der Waals surface area contributed by atoms with Gasteiger partial charge in [-0.15, -0.1) is 13.2 Å². The number of amides is 1. The summed E-state index contributed by atoms with van der Waals surface area (Å²) >= 11 is 0. The highest BCUT2D eigenvalue weighted by Crippen LogP contribution is 2.33. The number of aryl methyl sites for hydroxylation is 1. The van der Waals surface area contributed by atoms with E-state index in [1.807, 2.05) is 6.07 Å². The summed E-state index contributed by atoms with van der Waals surface area (Å²) in [6.45, 7) is 1.35. The van der Waals surface area contributed by atoms with E-state index in [0.717, 1.165) is 30.3 Å². The molecule has 0 aromatic heterocycles. The van der Waals surface area contributed by atoms with Crippen LogP contribution in [-0.2, 0) is 12.6 Å². The average molecular weight is 430 g/mol. The number of ether oxygens (including phenoxy) is 1. The van der Waals surface area contributed by atoms with E-state index in [0.29, 0.717) is 0 Å². The highest BCUT2D eigenvalue weighted by Gasteiger charge is 2.34. The predicted octanol–water partition coefficient (Wildman–Crippen LogP) is 5.25. The van der Waals surface area contributed by atoms with Crippen LogP contribution in [0.2, 0.25) is 0 Å². The molecule has 2 aromatic carbocycles. The summed E-state index contributed by atoms with van der Waals surface area (Å²) in [5.41, 5.74) is -2.38. The second-order valence-corrected chi connectivity index (χ2v) is 6.63. The minimum Gasteiger partial charge on any atom is -0.406 e. The smallest absolute Gasteiger partial charge is 0.406 e. The van der Waals surface area contributed by atoms with Gasteiger partial charge in [0.2, 0.25) is 0 Å². The van der Waals surface area contributed by atoms with Crippen molar-refractivity contribution in [2.45, 2.75) is 37.8 Å². The lowest BCUT2D eigenvalue weighted by Gasteiger charge is -2.24. The number of carbonyl (C=O) groups is 1. The Bertz CT molecular complexity index is 932. The van der Waals surface area contributed by atoms with Crippen LogP contribution in [0.3, 0.4) is 0 Å². The summed E-state index contributed by atoms with van der Waals surface area (Å²) in [6, 6.07) is 10.8. The van der Waals surface area contributed by atoms with Gasteiger partial charge in [0.1, 0.15) is 11.3 Å². The number of benzene rings is 2. The maximum atomic E-state index is 13.1. The standard InChI is InChI=1S/C20H16F6N2O2/c1-18(12-27,11-10-13-4-2-3-5-16(13)19(21,22)23)28-17(29)14-6-8-15(9-7-14)30-20(24,25)26/h2-9H,10-11H2,1H3,(H,28,29). The molecule has 0 heterocycles. The number of nitriles is 1. The molecule has 0 saturated heterocycles. The minimum atomic E-state index is -4.88. The van der Waals surface area contributed by atoms with Crippen LogP contribution in [0.1, 0.15) is 34.8 Å². The monoisotopic (exact) mass is 430 g/mol. The molecule has 0 radical (unpaired) electrons. The number of nitrogens with zero attached hydrogens (tertiary/aromatic N) is 1. The molecule has 2 rings (SSSR count). The molecule has 30 heavy (non-hydrogen) atoms. The lowest BCUT2D eigenvalue weighted by Crippen LogP contribution is -2.45. The fourth-order valence-corrected chi connectivity index (χ4v) is 2.68. The van der Waals surface area contributed by atoms with Crippen LogP contribution < -0.4 is 10.1 Å². The molecule has 0 aliphatic heterocycles. The van der Waals surface area contributed by atoms with Gasteiger partial charge < -0.3 is 10.1 Å². The van der Waals surface area contributed by atoms with E-state index in [-0.39, 0.29) is 24.0 Å². The van der Waals surface area contributed by atoms with E-state index >= 15 is 0 Å². The molecule has 4 nitrogen and oxygen atoms in total. The Morgan fingerprint density at radius 3 is 2.17 bits per heavy atom. The number of nitrogens with one attached hydrogen (secondary N) is 1. The molecule has 1 unspecified atom stereocenters. The summed E-state index contributed by atoms with van der Waals surface area (Å²) in [5.74, 6) is -1.28. The lowest BCUT2D eigenvalue weighted by molar-refractivity contribution is -0.274. The molecule has 0 spiro atoms. The van der Waals surface area contributed by atoms with Gasteiger partial charge in [-0.2, -0.15) is 18.4 Å². The summed E-state index contributed by atoms with van der Waals surface area (Å²) in [6.07, 6.45) is -9.67. The van der Waals surface area contributed by atoms with Crippen molar-refractivity contribution in [3.8, 4) is 11.8 Å². The van der Waals surface area contributed by atoms with Gasteiger partial charge in [0.05, 0.1) is 11.6 Å². The molecule has 1 N–H and O–H groups in total. The Labute approximate surface area is 168 Å². The molecule has 160 valence electrons. The van der Waals surface area contributed by atoms with E-state index in [1.165, 1.54) is 25.1 Å². The molecule has 0 aliphatic carbocycles. The average Bonchev–Trinajstić information content (AvgIpc) is 2.65. The first-order valence-electron chi connectivity index (χ1n) is 8.58. The molecule has 10 heteroatoms. The largest absolute Gasteiger partial charge is 0.573 e. The van der Waals surface area contributed by atoms with Crippen LogP contribution in [0.4, 0.5) is 26.3 Å². The zero-order valence-corrected chi connectivity index (χ0v) is 15.6. The molecule has 1 atom stereocenters. The summed E-state index contributed by atoms with van der Waals surface area (Å²) < 4.78 is 79.6. The van der Waals surface area contributed by atoms with Crippen LogP contribution in [0, 0.1) is 11.3 Å². The lowest BCUT2D eigenvalue weighted by atomic mass is 9.92. The minimum absolute atomic E-state index is 0.0191. The van der Waals surface area contributed by atoms with E-state index in [9.17, 15) is 36.4 Å². The zero-order valence-electron chi connectivity index (χ0n) is 15.6. The van der Waals surface area contributed by atoms with Crippen molar-refractivity contribution in [3.63, 3.8) is 0 Å². The van der Waals surface area contributed by atoms with Crippen molar-refractivity contribution in [2.24, 2.45) is 0 Å². The van der Waals surface area contributed by atoms with Crippen molar-refractivity contribution >= 4 is 5.91 Å². The maximum absolute atomic E-state index is 13.1. The first kappa shape index (κ1) is 23.1. The molecular formula is C20H16F6N2O2. The number of alkyl halides is 6. The third kappa shape index (κ3) is 6.40. The Morgan fingerprint density at radius 2 is 1.63 bits per heavy atom. The van der Waals surface area contributed by atoms with E-state index < -0.39 is 35.3 Å². The summed E-state index contributed by atoms with van der Waals surface area (Å²) in [5, 5.41) is 11.8. The van der Waals surface area contributed by atoms with E-state index in [2.05, 4.69) is 10.1 Å². The fraction of sp³-hybridized carbons (Fsp3) is 0.300. The Hall–Kier alpha value is -3.22. The molecule has 0 saturated carbocycles. The Kier molecular flexibility index (Phi) is 6.65. The van der Waals surface area contributed by atoms with Gasteiger partial charge in [-0.05, 0) is 55.7 Å². The molecule has 0 fully saturated rings. The van der Waals surface area contributed by atoms with E-state index in [4.69, 9.17) is 0 Å². The van der Waals surface area contributed by atoms with Crippen LogP contribution in [0.15, 0.2) is 48.5 Å².